The van der Waals surface area contributed by atoms with Crippen LogP contribution in [0.3, 0.4) is 0 Å². The van der Waals surface area contributed by atoms with Crippen LogP contribution in [-0.2, 0) is 14.4 Å². The van der Waals surface area contributed by atoms with Gasteiger partial charge in [-0.15, -0.1) is 0 Å². The highest BCUT2D eigenvalue weighted by Gasteiger charge is 2.22. The molecule has 1 aromatic carbocycles. The summed E-state index contributed by atoms with van der Waals surface area (Å²) >= 11 is 0. The molecule has 0 N–H and O–H groups in total. The van der Waals surface area contributed by atoms with Crippen LogP contribution in [0.5, 0.6) is 0 Å². The van der Waals surface area contributed by atoms with E-state index in [2.05, 4.69) is 15.5 Å². The summed E-state index contributed by atoms with van der Waals surface area (Å²) in [6.07, 6.45) is 1.81. The van der Waals surface area contributed by atoms with Crippen molar-refractivity contribution >= 4 is 15.8 Å². The molecular formula is C12H12N2O3S. The van der Waals surface area contributed by atoms with Crippen LogP contribution in [0.1, 0.15) is 19.3 Å². The Hall–Kier alpha value is -1.87. The lowest BCUT2D eigenvalue weighted by Gasteiger charge is -2.01. The molecule has 1 unspecified atom stereocenters. The number of benzene rings is 1. The van der Waals surface area contributed by atoms with E-state index >= 15 is 0 Å². The number of nitriles is 1. The van der Waals surface area contributed by atoms with Gasteiger partial charge in [-0.3, -0.25) is 4.28 Å². The van der Waals surface area contributed by atoms with Crippen molar-refractivity contribution in [3.05, 3.63) is 30.3 Å². The summed E-state index contributed by atoms with van der Waals surface area (Å²) in [5.74, 6) is -0.0771. The van der Waals surface area contributed by atoms with Crippen LogP contribution in [-0.4, -0.2) is 14.1 Å². The maximum absolute atomic E-state index is 11.7. The van der Waals surface area contributed by atoms with E-state index in [0.29, 0.717) is 25.0 Å². The summed E-state index contributed by atoms with van der Waals surface area (Å²) in [4.78, 5) is 0.0733. The number of nitrogens with zero attached hydrogens (tertiary/aromatic N) is 2. The quantitative estimate of drug-likeness (QED) is 0.783. The molecule has 0 bridgehead atoms. The van der Waals surface area contributed by atoms with Crippen LogP contribution in [0.4, 0.5) is 0 Å². The van der Waals surface area contributed by atoms with Gasteiger partial charge in [-0.25, -0.2) is 0 Å². The molecule has 0 aliphatic heterocycles. The Morgan fingerprint density at radius 2 is 2.06 bits per heavy atom. The Morgan fingerprint density at radius 1 is 1.33 bits per heavy atom. The number of rotatable bonds is 3. The van der Waals surface area contributed by atoms with Crippen molar-refractivity contribution in [2.24, 2.45) is 11.1 Å². The molecule has 2 rings (SSSR count). The highest BCUT2D eigenvalue weighted by atomic mass is 32.2. The Bertz CT molecular complexity index is 587. The standard InChI is InChI=1S/C12H12N2O3S/c13-9-10-6-7-11(8-10)14-17-18(15,16)12-4-2-1-3-5-12/h1-5,10H,6-8H2. The Morgan fingerprint density at radius 3 is 2.67 bits per heavy atom. The first-order valence-corrected chi connectivity index (χ1v) is 6.97. The van der Waals surface area contributed by atoms with Gasteiger partial charge in [0.15, 0.2) is 0 Å². The molecule has 18 heavy (non-hydrogen) atoms. The molecule has 0 spiro atoms. The molecule has 0 heterocycles. The predicted octanol–water partition coefficient (Wildman–Crippen LogP) is 2.07. The minimum Gasteiger partial charge on any atom is -0.265 e. The molecule has 1 saturated carbocycles. The lowest BCUT2D eigenvalue weighted by Crippen LogP contribution is -2.04. The molecule has 0 aromatic heterocycles. The van der Waals surface area contributed by atoms with Crippen molar-refractivity contribution in [2.75, 3.05) is 0 Å². The third-order valence-electron chi connectivity index (χ3n) is 2.74. The van der Waals surface area contributed by atoms with E-state index in [9.17, 15) is 8.42 Å². The fraction of sp³-hybridized carbons (Fsp3) is 0.333. The van der Waals surface area contributed by atoms with E-state index in [0.717, 1.165) is 0 Å². The molecule has 94 valence electrons. The maximum Gasteiger partial charge on any atom is 0.358 e. The van der Waals surface area contributed by atoms with Crippen LogP contribution in [0.2, 0.25) is 0 Å². The number of oxime groups is 1. The fourth-order valence-electron chi connectivity index (χ4n) is 1.75. The van der Waals surface area contributed by atoms with Gasteiger partial charge in [0.1, 0.15) is 4.90 Å². The first-order chi connectivity index (χ1) is 8.62. The first kappa shape index (κ1) is 12.6. The molecule has 0 amide bonds. The molecule has 0 saturated heterocycles. The summed E-state index contributed by atoms with van der Waals surface area (Å²) in [5.41, 5.74) is 0.626. The normalized spacial score (nSPS) is 21.7. The third-order valence-corrected chi connectivity index (χ3v) is 3.86. The van der Waals surface area contributed by atoms with Crippen LogP contribution in [0.25, 0.3) is 0 Å². The molecule has 1 aliphatic carbocycles. The topological polar surface area (TPSA) is 79.5 Å². The molecule has 0 radical (unpaired) electrons. The minimum atomic E-state index is -3.84. The largest absolute Gasteiger partial charge is 0.358 e. The van der Waals surface area contributed by atoms with E-state index < -0.39 is 10.1 Å². The van der Waals surface area contributed by atoms with Crippen molar-refractivity contribution in [1.29, 1.82) is 5.26 Å². The summed E-state index contributed by atoms with van der Waals surface area (Å²) in [5, 5.41) is 12.4. The van der Waals surface area contributed by atoms with Crippen molar-refractivity contribution in [1.82, 2.24) is 0 Å². The van der Waals surface area contributed by atoms with E-state index in [1.807, 2.05) is 0 Å². The average molecular weight is 264 g/mol. The van der Waals surface area contributed by atoms with Gasteiger partial charge in [-0.05, 0) is 25.0 Å². The van der Waals surface area contributed by atoms with Crippen molar-refractivity contribution < 1.29 is 12.7 Å². The lowest BCUT2D eigenvalue weighted by atomic mass is 10.1. The van der Waals surface area contributed by atoms with E-state index in [1.54, 1.807) is 18.2 Å². The second-order valence-corrected chi connectivity index (χ2v) is 5.60. The van der Waals surface area contributed by atoms with Crippen LogP contribution < -0.4 is 0 Å². The monoisotopic (exact) mass is 264 g/mol. The smallest absolute Gasteiger partial charge is 0.265 e. The number of hydrogen-bond donors (Lipinski definition) is 0. The summed E-state index contributed by atoms with van der Waals surface area (Å²) in [7, 11) is -3.84. The summed E-state index contributed by atoms with van der Waals surface area (Å²) in [6.45, 7) is 0. The van der Waals surface area contributed by atoms with Crippen LogP contribution in [0.15, 0.2) is 40.4 Å². The van der Waals surface area contributed by atoms with Crippen LogP contribution in [0, 0.1) is 17.2 Å². The van der Waals surface area contributed by atoms with Crippen LogP contribution >= 0.6 is 0 Å². The van der Waals surface area contributed by atoms with E-state index in [-0.39, 0.29) is 10.8 Å². The van der Waals surface area contributed by atoms with Gasteiger partial charge >= 0.3 is 10.1 Å². The molecule has 5 nitrogen and oxygen atoms in total. The van der Waals surface area contributed by atoms with E-state index in [4.69, 9.17) is 5.26 Å². The zero-order valence-electron chi connectivity index (χ0n) is 9.61. The molecule has 1 atom stereocenters. The highest BCUT2D eigenvalue weighted by Crippen LogP contribution is 2.23. The summed E-state index contributed by atoms with van der Waals surface area (Å²) < 4.78 is 28.1. The van der Waals surface area contributed by atoms with Gasteiger partial charge in [-0.1, -0.05) is 23.4 Å². The molecule has 1 aliphatic rings. The predicted molar refractivity (Wildman–Crippen MR) is 65.1 cm³/mol. The first-order valence-electron chi connectivity index (χ1n) is 5.56. The van der Waals surface area contributed by atoms with Gasteiger partial charge in [0.05, 0.1) is 17.7 Å². The lowest BCUT2D eigenvalue weighted by molar-refractivity contribution is 0.337. The molecule has 1 fully saturated rings. The fourth-order valence-corrected chi connectivity index (χ4v) is 2.53. The Balaban J connectivity index is 2.07. The average Bonchev–Trinajstić information content (AvgIpc) is 2.86. The van der Waals surface area contributed by atoms with Gasteiger partial charge in [0, 0.05) is 6.42 Å². The Labute approximate surface area is 106 Å². The zero-order valence-corrected chi connectivity index (χ0v) is 10.4. The minimum absolute atomic E-state index is 0.0733. The Kier molecular flexibility index (Phi) is 3.63. The second kappa shape index (κ2) is 5.19. The molecule has 1 aromatic rings. The molecule has 6 heteroatoms. The van der Waals surface area contributed by atoms with Gasteiger partial charge in [0.2, 0.25) is 0 Å². The van der Waals surface area contributed by atoms with E-state index in [1.165, 1.54) is 12.1 Å². The van der Waals surface area contributed by atoms with Crippen molar-refractivity contribution in [3.8, 4) is 6.07 Å². The van der Waals surface area contributed by atoms with Crippen molar-refractivity contribution in [2.45, 2.75) is 24.2 Å². The maximum atomic E-state index is 11.7. The molecular weight excluding hydrogens is 252 g/mol. The van der Waals surface area contributed by atoms with Gasteiger partial charge < -0.3 is 0 Å². The van der Waals surface area contributed by atoms with Gasteiger partial charge in [0.25, 0.3) is 0 Å². The highest BCUT2D eigenvalue weighted by molar-refractivity contribution is 7.86. The second-order valence-electron chi connectivity index (χ2n) is 4.07. The summed E-state index contributed by atoms with van der Waals surface area (Å²) in [6, 6.07) is 9.98. The third kappa shape index (κ3) is 2.87. The zero-order chi connectivity index (χ0) is 13.0. The SMILES string of the molecule is N#CC1CCC(=NOS(=O)(=O)c2ccccc2)C1. The van der Waals surface area contributed by atoms with Crippen molar-refractivity contribution in [3.63, 3.8) is 0 Å². The van der Waals surface area contributed by atoms with Gasteiger partial charge in [-0.2, -0.15) is 13.7 Å². The number of hydrogen-bond acceptors (Lipinski definition) is 5.